The predicted octanol–water partition coefficient (Wildman–Crippen LogP) is 1.55. The molecular weight excluding hydrogens is 202 g/mol. The molecule has 1 saturated carbocycles. The van der Waals surface area contributed by atoms with E-state index in [1.54, 1.807) is 7.11 Å². The molecule has 4 heteroatoms. The van der Waals surface area contributed by atoms with Gasteiger partial charge in [-0.2, -0.15) is 0 Å². The summed E-state index contributed by atoms with van der Waals surface area (Å²) in [6, 6.07) is 2.09. The maximum atomic E-state index is 6.20. The average Bonchev–Trinajstić information content (AvgIpc) is 2.83. The van der Waals surface area contributed by atoms with Crippen molar-refractivity contribution in [3.8, 4) is 5.88 Å². The molecule has 0 amide bonds. The maximum absolute atomic E-state index is 6.20. The lowest BCUT2D eigenvalue weighted by molar-refractivity contribution is 0.393. The van der Waals surface area contributed by atoms with Crippen LogP contribution in [0.5, 0.6) is 5.88 Å². The first-order valence-electron chi connectivity index (χ1n) is 5.90. The number of hydrogen-bond acceptors (Lipinski definition) is 4. The third-order valence-corrected chi connectivity index (χ3v) is 3.36. The molecule has 1 aliphatic carbocycles. The van der Waals surface area contributed by atoms with Crippen molar-refractivity contribution in [2.75, 3.05) is 7.11 Å². The molecule has 1 fully saturated rings. The van der Waals surface area contributed by atoms with E-state index < -0.39 is 0 Å². The SMILES string of the molecule is COc1cc(CC(N)C2CCCC2)ncn1. The Hall–Kier alpha value is -1.16. The average molecular weight is 221 g/mol. The number of ether oxygens (including phenoxy) is 1. The highest BCUT2D eigenvalue weighted by Crippen LogP contribution is 2.28. The van der Waals surface area contributed by atoms with Crippen LogP contribution in [0.25, 0.3) is 0 Å². The number of aromatic nitrogens is 2. The second-order valence-electron chi connectivity index (χ2n) is 4.46. The molecule has 16 heavy (non-hydrogen) atoms. The molecular formula is C12H19N3O. The first kappa shape index (κ1) is 11.3. The predicted molar refractivity (Wildman–Crippen MR) is 62.2 cm³/mol. The molecule has 1 unspecified atom stereocenters. The quantitative estimate of drug-likeness (QED) is 0.838. The topological polar surface area (TPSA) is 61.0 Å². The molecule has 0 saturated heterocycles. The van der Waals surface area contributed by atoms with Crippen molar-refractivity contribution in [1.29, 1.82) is 0 Å². The van der Waals surface area contributed by atoms with Crippen LogP contribution in [0, 0.1) is 5.92 Å². The van der Waals surface area contributed by atoms with Crippen molar-refractivity contribution >= 4 is 0 Å². The Morgan fingerprint density at radius 2 is 2.19 bits per heavy atom. The molecule has 0 spiro atoms. The van der Waals surface area contributed by atoms with Crippen LogP contribution in [-0.4, -0.2) is 23.1 Å². The minimum Gasteiger partial charge on any atom is -0.481 e. The van der Waals surface area contributed by atoms with Crippen LogP contribution >= 0.6 is 0 Å². The van der Waals surface area contributed by atoms with Gasteiger partial charge < -0.3 is 10.5 Å². The second-order valence-corrected chi connectivity index (χ2v) is 4.46. The Kier molecular flexibility index (Phi) is 3.72. The lowest BCUT2D eigenvalue weighted by Crippen LogP contribution is -2.31. The van der Waals surface area contributed by atoms with E-state index in [2.05, 4.69) is 9.97 Å². The number of rotatable bonds is 4. The fraction of sp³-hybridized carbons (Fsp3) is 0.667. The van der Waals surface area contributed by atoms with Gasteiger partial charge in [0.15, 0.2) is 0 Å². The van der Waals surface area contributed by atoms with Crippen molar-refractivity contribution in [2.24, 2.45) is 11.7 Å². The summed E-state index contributed by atoms with van der Waals surface area (Å²) < 4.78 is 5.07. The van der Waals surface area contributed by atoms with Crippen molar-refractivity contribution in [3.05, 3.63) is 18.1 Å². The van der Waals surface area contributed by atoms with E-state index in [9.17, 15) is 0 Å². The van der Waals surface area contributed by atoms with Crippen molar-refractivity contribution in [2.45, 2.75) is 38.1 Å². The largest absolute Gasteiger partial charge is 0.481 e. The van der Waals surface area contributed by atoms with Crippen LogP contribution in [0.4, 0.5) is 0 Å². The summed E-state index contributed by atoms with van der Waals surface area (Å²) >= 11 is 0. The normalized spacial score (nSPS) is 18.6. The molecule has 2 rings (SSSR count). The Balaban J connectivity index is 1.96. The van der Waals surface area contributed by atoms with Crippen LogP contribution in [0.1, 0.15) is 31.4 Å². The van der Waals surface area contributed by atoms with Crippen LogP contribution in [0.2, 0.25) is 0 Å². The van der Waals surface area contributed by atoms with Gasteiger partial charge in [-0.25, -0.2) is 9.97 Å². The lowest BCUT2D eigenvalue weighted by atomic mass is 9.95. The molecule has 1 aromatic heterocycles. The maximum Gasteiger partial charge on any atom is 0.216 e. The summed E-state index contributed by atoms with van der Waals surface area (Å²) in [7, 11) is 1.61. The van der Waals surface area contributed by atoms with E-state index in [0.29, 0.717) is 11.8 Å². The summed E-state index contributed by atoms with van der Waals surface area (Å²) in [5.74, 6) is 1.28. The summed E-state index contributed by atoms with van der Waals surface area (Å²) in [5.41, 5.74) is 7.18. The van der Waals surface area contributed by atoms with Crippen molar-refractivity contribution < 1.29 is 4.74 Å². The van der Waals surface area contributed by atoms with E-state index in [0.717, 1.165) is 12.1 Å². The van der Waals surface area contributed by atoms with Gasteiger partial charge in [0, 0.05) is 24.2 Å². The molecule has 2 N–H and O–H groups in total. The molecule has 1 atom stereocenters. The van der Waals surface area contributed by atoms with Gasteiger partial charge >= 0.3 is 0 Å². The zero-order valence-electron chi connectivity index (χ0n) is 9.72. The summed E-state index contributed by atoms with van der Waals surface area (Å²) in [6.45, 7) is 0. The van der Waals surface area contributed by atoms with Gasteiger partial charge in [0.25, 0.3) is 0 Å². The minimum atomic E-state index is 0.224. The smallest absolute Gasteiger partial charge is 0.216 e. The Bertz CT molecular complexity index is 337. The van der Waals surface area contributed by atoms with Gasteiger partial charge in [-0.05, 0) is 18.8 Å². The lowest BCUT2D eigenvalue weighted by Gasteiger charge is -2.18. The number of nitrogens with zero attached hydrogens (tertiary/aromatic N) is 2. The first-order chi connectivity index (χ1) is 7.79. The van der Waals surface area contributed by atoms with E-state index >= 15 is 0 Å². The summed E-state index contributed by atoms with van der Waals surface area (Å²) in [4.78, 5) is 8.22. The van der Waals surface area contributed by atoms with Gasteiger partial charge in [0.2, 0.25) is 5.88 Å². The highest BCUT2D eigenvalue weighted by Gasteiger charge is 2.22. The molecule has 1 aliphatic rings. The highest BCUT2D eigenvalue weighted by atomic mass is 16.5. The van der Waals surface area contributed by atoms with Gasteiger partial charge in [-0.3, -0.25) is 0 Å². The van der Waals surface area contributed by atoms with Gasteiger partial charge in [-0.1, -0.05) is 12.8 Å². The van der Waals surface area contributed by atoms with Crippen LogP contribution in [0.15, 0.2) is 12.4 Å². The third kappa shape index (κ3) is 2.70. The van der Waals surface area contributed by atoms with Crippen molar-refractivity contribution in [3.63, 3.8) is 0 Å². The number of methoxy groups -OCH3 is 1. The number of nitrogens with two attached hydrogens (primary N) is 1. The van der Waals surface area contributed by atoms with E-state index in [1.807, 2.05) is 6.07 Å². The molecule has 0 aliphatic heterocycles. The molecule has 88 valence electrons. The Labute approximate surface area is 96.2 Å². The zero-order chi connectivity index (χ0) is 11.4. The molecule has 4 nitrogen and oxygen atoms in total. The minimum absolute atomic E-state index is 0.224. The van der Waals surface area contributed by atoms with Gasteiger partial charge in [-0.15, -0.1) is 0 Å². The standard InChI is InChI=1S/C12H19N3O/c1-16-12-7-10(14-8-15-12)6-11(13)9-4-2-3-5-9/h7-9,11H,2-6,13H2,1H3. The molecule has 1 heterocycles. The third-order valence-electron chi connectivity index (χ3n) is 3.36. The van der Waals surface area contributed by atoms with Gasteiger partial charge in [0.1, 0.15) is 6.33 Å². The first-order valence-corrected chi connectivity index (χ1v) is 5.90. The Morgan fingerprint density at radius 3 is 2.88 bits per heavy atom. The molecule has 0 radical (unpaired) electrons. The second kappa shape index (κ2) is 5.25. The van der Waals surface area contributed by atoms with E-state index in [4.69, 9.17) is 10.5 Å². The van der Waals surface area contributed by atoms with Gasteiger partial charge in [0.05, 0.1) is 7.11 Å². The molecule has 0 aromatic carbocycles. The highest BCUT2D eigenvalue weighted by molar-refractivity contribution is 5.14. The van der Waals surface area contributed by atoms with Crippen LogP contribution in [-0.2, 0) is 6.42 Å². The zero-order valence-corrected chi connectivity index (χ0v) is 9.72. The summed E-state index contributed by atoms with van der Waals surface area (Å²) in [6.07, 6.45) is 7.54. The van der Waals surface area contributed by atoms with Crippen LogP contribution in [0.3, 0.4) is 0 Å². The molecule has 1 aromatic rings. The monoisotopic (exact) mass is 221 g/mol. The summed E-state index contributed by atoms with van der Waals surface area (Å²) in [5, 5.41) is 0. The van der Waals surface area contributed by atoms with E-state index in [-0.39, 0.29) is 6.04 Å². The van der Waals surface area contributed by atoms with Crippen molar-refractivity contribution in [1.82, 2.24) is 9.97 Å². The number of hydrogen-bond donors (Lipinski definition) is 1. The van der Waals surface area contributed by atoms with Crippen LogP contribution < -0.4 is 10.5 Å². The van der Waals surface area contributed by atoms with E-state index in [1.165, 1.54) is 32.0 Å². The molecule has 0 bridgehead atoms. The fourth-order valence-electron chi connectivity index (χ4n) is 2.39. The Morgan fingerprint density at radius 1 is 1.44 bits per heavy atom. The fourth-order valence-corrected chi connectivity index (χ4v) is 2.39.